The number of ether oxygens (including phenoxy) is 1. The van der Waals surface area contributed by atoms with Crippen LogP contribution >= 0.6 is 11.5 Å². The fourth-order valence-electron chi connectivity index (χ4n) is 0.818. The van der Waals surface area contributed by atoms with Crippen LogP contribution in [0.25, 0.3) is 0 Å². The molecule has 0 saturated carbocycles. The number of aromatic amines is 1. The van der Waals surface area contributed by atoms with E-state index in [0.717, 1.165) is 11.5 Å². The lowest BCUT2D eigenvalue weighted by Gasteiger charge is -1.97. The van der Waals surface area contributed by atoms with Gasteiger partial charge in [-0.3, -0.25) is 4.79 Å². The third-order valence-electron chi connectivity index (χ3n) is 1.36. The van der Waals surface area contributed by atoms with Crippen LogP contribution in [0.2, 0.25) is 0 Å². The van der Waals surface area contributed by atoms with E-state index < -0.39 is 5.97 Å². The molecule has 0 bridgehead atoms. The lowest BCUT2D eigenvalue weighted by molar-refractivity contribution is 0.0524. The van der Waals surface area contributed by atoms with Crippen LogP contribution in [0.15, 0.2) is 4.79 Å². The second kappa shape index (κ2) is 3.53. The van der Waals surface area contributed by atoms with E-state index >= 15 is 0 Å². The zero-order valence-electron chi connectivity index (χ0n) is 6.84. The Morgan fingerprint density at radius 1 is 1.67 bits per heavy atom. The summed E-state index contributed by atoms with van der Waals surface area (Å²) in [6, 6.07) is 0. The van der Waals surface area contributed by atoms with E-state index in [1.54, 1.807) is 13.8 Å². The first-order chi connectivity index (χ1) is 5.66. The van der Waals surface area contributed by atoms with Gasteiger partial charge in [-0.05, 0) is 25.4 Å². The van der Waals surface area contributed by atoms with Crippen molar-refractivity contribution in [3.63, 3.8) is 0 Å². The van der Waals surface area contributed by atoms with Crippen LogP contribution in [0.3, 0.4) is 0 Å². The first-order valence-corrected chi connectivity index (χ1v) is 4.33. The lowest BCUT2D eigenvalue weighted by atomic mass is 10.3. The van der Waals surface area contributed by atoms with Crippen LogP contribution in [0.1, 0.15) is 23.0 Å². The van der Waals surface area contributed by atoms with Crippen LogP contribution in [-0.4, -0.2) is 16.9 Å². The maximum absolute atomic E-state index is 11.1. The zero-order valence-corrected chi connectivity index (χ0v) is 7.66. The molecular weight excluding hydrogens is 178 g/mol. The normalized spacial score (nSPS) is 9.83. The number of nitrogens with one attached hydrogen (secondary N) is 1. The molecule has 0 aromatic carbocycles. The van der Waals surface area contributed by atoms with Crippen molar-refractivity contribution in [1.82, 2.24) is 4.37 Å². The third kappa shape index (κ3) is 1.55. The number of aromatic nitrogens is 1. The summed E-state index contributed by atoms with van der Waals surface area (Å²) < 4.78 is 7.13. The highest BCUT2D eigenvalue weighted by atomic mass is 32.1. The standard InChI is InChI=1S/C7H9NO3S/c1-3-11-6(9)5-4(2)8-12-7(5)10/h8H,3H2,1-2H3. The SMILES string of the molecule is CCOC(=O)c1c(C)[nH]sc1=O. The van der Waals surface area contributed by atoms with Gasteiger partial charge in [0, 0.05) is 5.69 Å². The van der Waals surface area contributed by atoms with Crippen molar-refractivity contribution >= 4 is 17.5 Å². The molecule has 0 spiro atoms. The molecule has 0 unspecified atom stereocenters. The Bertz CT molecular complexity index is 339. The van der Waals surface area contributed by atoms with E-state index in [9.17, 15) is 9.59 Å². The Morgan fingerprint density at radius 2 is 2.33 bits per heavy atom. The quantitative estimate of drug-likeness (QED) is 0.700. The molecule has 0 aliphatic heterocycles. The fraction of sp³-hybridized carbons (Fsp3) is 0.429. The molecule has 0 amide bonds. The molecule has 0 atom stereocenters. The van der Waals surface area contributed by atoms with Crippen LogP contribution < -0.4 is 4.74 Å². The van der Waals surface area contributed by atoms with Crippen molar-refractivity contribution in [3.05, 3.63) is 20.8 Å². The van der Waals surface area contributed by atoms with Gasteiger partial charge >= 0.3 is 5.97 Å². The Balaban J connectivity index is 3.01. The number of esters is 1. The predicted molar refractivity (Wildman–Crippen MR) is 45.6 cm³/mol. The van der Waals surface area contributed by atoms with Gasteiger partial charge < -0.3 is 9.11 Å². The molecule has 1 aromatic heterocycles. The van der Waals surface area contributed by atoms with Crippen LogP contribution in [0.4, 0.5) is 0 Å². The number of rotatable bonds is 2. The molecule has 1 rings (SSSR count). The van der Waals surface area contributed by atoms with Gasteiger partial charge in [0.25, 0.3) is 4.74 Å². The number of H-pyrrole nitrogens is 1. The molecule has 0 fully saturated rings. The van der Waals surface area contributed by atoms with Gasteiger partial charge in [-0.15, -0.1) is 0 Å². The van der Waals surface area contributed by atoms with Gasteiger partial charge in [0.1, 0.15) is 5.56 Å². The molecule has 1 aromatic rings. The molecule has 0 saturated heterocycles. The summed E-state index contributed by atoms with van der Waals surface area (Å²) in [5, 5.41) is 0. The fourth-order valence-corrected chi connectivity index (χ4v) is 1.50. The van der Waals surface area contributed by atoms with Crippen molar-refractivity contribution < 1.29 is 9.53 Å². The Morgan fingerprint density at radius 3 is 2.75 bits per heavy atom. The van der Waals surface area contributed by atoms with Crippen molar-refractivity contribution in [2.24, 2.45) is 0 Å². The van der Waals surface area contributed by atoms with E-state index in [4.69, 9.17) is 4.74 Å². The number of carbonyl (C=O) groups is 1. The van der Waals surface area contributed by atoms with Crippen molar-refractivity contribution in [1.29, 1.82) is 0 Å². The van der Waals surface area contributed by atoms with E-state index in [2.05, 4.69) is 4.37 Å². The summed E-state index contributed by atoms with van der Waals surface area (Å²) in [4.78, 5) is 22.2. The average Bonchev–Trinajstić information content (AvgIpc) is 2.32. The molecule has 0 aliphatic rings. The Labute approximate surface area is 73.3 Å². The highest BCUT2D eigenvalue weighted by molar-refractivity contribution is 7.03. The molecule has 5 heteroatoms. The van der Waals surface area contributed by atoms with Gasteiger partial charge in [0.2, 0.25) is 0 Å². The van der Waals surface area contributed by atoms with E-state index in [1.165, 1.54) is 0 Å². The first-order valence-electron chi connectivity index (χ1n) is 3.52. The van der Waals surface area contributed by atoms with E-state index in [0.29, 0.717) is 5.69 Å². The predicted octanol–water partition coefficient (Wildman–Crippen LogP) is 0.922. The number of carbonyl (C=O) groups excluding carboxylic acids is 1. The summed E-state index contributed by atoms with van der Waals surface area (Å²) in [5.41, 5.74) is 0.699. The van der Waals surface area contributed by atoms with Gasteiger partial charge in [-0.2, -0.15) is 0 Å². The molecule has 0 radical (unpaired) electrons. The third-order valence-corrected chi connectivity index (χ3v) is 2.15. The average molecular weight is 187 g/mol. The maximum atomic E-state index is 11.1. The number of hydrogen-bond donors (Lipinski definition) is 1. The smallest absolute Gasteiger partial charge is 0.344 e. The number of hydrogen-bond acceptors (Lipinski definition) is 4. The maximum Gasteiger partial charge on any atom is 0.344 e. The first kappa shape index (κ1) is 8.99. The highest BCUT2D eigenvalue weighted by Gasteiger charge is 2.16. The molecule has 1 N–H and O–H groups in total. The molecule has 1 heterocycles. The van der Waals surface area contributed by atoms with Crippen LogP contribution in [0, 0.1) is 6.92 Å². The monoisotopic (exact) mass is 187 g/mol. The summed E-state index contributed by atoms with van der Waals surface area (Å²) in [7, 11) is 0. The topological polar surface area (TPSA) is 59.2 Å². The zero-order chi connectivity index (χ0) is 9.14. The van der Waals surface area contributed by atoms with Crippen LogP contribution in [-0.2, 0) is 4.74 Å². The second-order valence-electron chi connectivity index (χ2n) is 2.21. The molecule has 0 aliphatic carbocycles. The van der Waals surface area contributed by atoms with Crippen molar-refractivity contribution in [2.75, 3.05) is 6.61 Å². The second-order valence-corrected chi connectivity index (χ2v) is 2.99. The van der Waals surface area contributed by atoms with Crippen molar-refractivity contribution in [3.8, 4) is 0 Å². The summed E-state index contributed by atoms with van der Waals surface area (Å²) in [6.07, 6.45) is 0. The lowest BCUT2D eigenvalue weighted by Crippen LogP contribution is -2.13. The Hall–Kier alpha value is -1.10. The van der Waals surface area contributed by atoms with Gasteiger partial charge in [-0.25, -0.2) is 4.79 Å². The minimum absolute atomic E-state index is 0.127. The highest BCUT2D eigenvalue weighted by Crippen LogP contribution is 2.03. The molecule has 66 valence electrons. The molecule has 4 nitrogen and oxygen atoms in total. The Kier molecular flexibility index (Phi) is 2.65. The minimum atomic E-state index is -0.544. The van der Waals surface area contributed by atoms with E-state index in [-0.39, 0.29) is 16.9 Å². The largest absolute Gasteiger partial charge is 0.462 e. The number of aryl methyl sites for hydroxylation is 1. The van der Waals surface area contributed by atoms with Gasteiger partial charge in [0.15, 0.2) is 0 Å². The van der Waals surface area contributed by atoms with E-state index in [1.807, 2.05) is 0 Å². The van der Waals surface area contributed by atoms with Gasteiger partial charge in [0.05, 0.1) is 6.61 Å². The summed E-state index contributed by atoms with van der Waals surface area (Å²) >= 11 is 0.904. The minimum Gasteiger partial charge on any atom is -0.462 e. The molecule has 12 heavy (non-hydrogen) atoms. The summed E-state index contributed by atoms with van der Waals surface area (Å²) in [5.74, 6) is -0.544. The van der Waals surface area contributed by atoms with Gasteiger partial charge in [-0.1, -0.05) is 0 Å². The van der Waals surface area contributed by atoms with Crippen LogP contribution in [0.5, 0.6) is 0 Å². The molecular formula is C7H9NO3S. The summed E-state index contributed by atoms with van der Waals surface area (Å²) in [6.45, 7) is 3.66. The van der Waals surface area contributed by atoms with Crippen molar-refractivity contribution in [2.45, 2.75) is 13.8 Å².